The average Bonchev–Trinajstić information content (AvgIpc) is 1.59. The summed E-state index contributed by atoms with van der Waals surface area (Å²) in [5.41, 5.74) is 1.18. The Kier molecular flexibility index (Phi) is 3.66. The minimum Gasteiger partial charge on any atom is -0.376 e. The van der Waals surface area contributed by atoms with Crippen LogP contribution >= 0.6 is 0 Å². The Bertz CT molecular complexity index is 108. The maximum atomic E-state index is 5.48. The van der Waals surface area contributed by atoms with Crippen LogP contribution in [0, 0.1) is 0 Å². The Balaban J connectivity index is 3.29. The van der Waals surface area contributed by atoms with Gasteiger partial charge in [-0.3, -0.25) is 0 Å². The van der Waals surface area contributed by atoms with Crippen LogP contribution in [0.15, 0.2) is 12.2 Å². The summed E-state index contributed by atoms with van der Waals surface area (Å²) in [6.07, 6.45) is 0.970. The first-order valence-corrected chi connectivity index (χ1v) is 3.70. The molecule has 0 saturated carbocycles. The molecule has 0 aromatic heterocycles. The predicted octanol–water partition coefficient (Wildman–Crippen LogP) is 2.77. The topological polar surface area (TPSA) is 9.23 Å². The lowest BCUT2D eigenvalue weighted by atomic mass is 10.2. The first-order chi connectivity index (χ1) is 4.42. The minimum atomic E-state index is -0.00451. The van der Waals surface area contributed by atoms with Gasteiger partial charge in [0.15, 0.2) is 0 Å². The lowest BCUT2D eigenvalue weighted by Gasteiger charge is -2.19. The van der Waals surface area contributed by atoms with Crippen molar-refractivity contribution in [1.82, 2.24) is 0 Å². The number of ether oxygens (including phenoxy) is 1. The molecule has 0 aliphatic carbocycles. The van der Waals surface area contributed by atoms with Crippen molar-refractivity contribution in [2.24, 2.45) is 0 Å². The van der Waals surface area contributed by atoms with E-state index in [-0.39, 0.29) is 5.60 Å². The van der Waals surface area contributed by atoms with Gasteiger partial charge in [0.2, 0.25) is 0 Å². The Morgan fingerprint density at radius 1 is 1.40 bits per heavy atom. The highest BCUT2D eigenvalue weighted by atomic mass is 16.5. The SMILES string of the molecule is C=C(C)CCOC(C)(C)C. The molecular weight excluding hydrogens is 124 g/mol. The molecule has 0 atom stereocenters. The van der Waals surface area contributed by atoms with Gasteiger partial charge in [0.1, 0.15) is 0 Å². The van der Waals surface area contributed by atoms with Crippen LogP contribution in [0.2, 0.25) is 0 Å². The van der Waals surface area contributed by atoms with Crippen LogP contribution in [0.4, 0.5) is 0 Å². The van der Waals surface area contributed by atoms with Gasteiger partial charge < -0.3 is 4.74 Å². The fourth-order valence-electron chi connectivity index (χ4n) is 0.531. The zero-order chi connectivity index (χ0) is 8.20. The molecule has 0 aromatic rings. The Morgan fingerprint density at radius 3 is 2.20 bits per heavy atom. The Morgan fingerprint density at radius 2 is 1.90 bits per heavy atom. The van der Waals surface area contributed by atoms with E-state index in [2.05, 4.69) is 27.4 Å². The van der Waals surface area contributed by atoms with Gasteiger partial charge >= 0.3 is 0 Å². The van der Waals surface area contributed by atoms with Crippen molar-refractivity contribution in [2.75, 3.05) is 6.61 Å². The van der Waals surface area contributed by atoms with E-state index in [0.29, 0.717) is 0 Å². The minimum absolute atomic E-state index is 0.00451. The van der Waals surface area contributed by atoms with Crippen LogP contribution in [-0.4, -0.2) is 12.2 Å². The van der Waals surface area contributed by atoms with Crippen molar-refractivity contribution >= 4 is 0 Å². The van der Waals surface area contributed by atoms with E-state index in [1.165, 1.54) is 5.57 Å². The van der Waals surface area contributed by atoms with E-state index in [9.17, 15) is 0 Å². The molecule has 0 radical (unpaired) electrons. The maximum absolute atomic E-state index is 5.48. The van der Waals surface area contributed by atoms with Gasteiger partial charge in [0, 0.05) is 0 Å². The molecule has 0 N–H and O–H groups in total. The molecule has 0 rings (SSSR count). The van der Waals surface area contributed by atoms with E-state index in [4.69, 9.17) is 4.74 Å². The predicted molar refractivity (Wildman–Crippen MR) is 45.1 cm³/mol. The second-order valence-electron chi connectivity index (χ2n) is 3.67. The second kappa shape index (κ2) is 3.77. The highest BCUT2D eigenvalue weighted by molar-refractivity contribution is 4.87. The Labute approximate surface area is 64.1 Å². The molecule has 0 aliphatic heterocycles. The summed E-state index contributed by atoms with van der Waals surface area (Å²) in [6.45, 7) is 12.8. The molecule has 0 aromatic carbocycles. The highest BCUT2D eigenvalue weighted by Gasteiger charge is 2.08. The summed E-state index contributed by atoms with van der Waals surface area (Å²) in [4.78, 5) is 0. The van der Waals surface area contributed by atoms with Crippen LogP contribution in [0.3, 0.4) is 0 Å². The van der Waals surface area contributed by atoms with Crippen molar-refractivity contribution in [3.05, 3.63) is 12.2 Å². The third kappa shape index (κ3) is 7.70. The van der Waals surface area contributed by atoms with Crippen molar-refractivity contribution < 1.29 is 4.74 Å². The zero-order valence-electron chi connectivity index (χ0n) is 7.53. The first kappa shape index (κ1) is 9.70. The summed E-state index contributed by atoms with van der Waals surface area (Å²) in [5.74, 6) is 0. The normalized spacial score (nSPS) is 11.6. The van der Waals surface area contributed by atoms with Crippen LogP contribution in [-0.2, 0) is 4.74 Å². The maximum Gasteiger partial charge on any atom is 0.0598 e. The largest absolute Gasteiger partial charge is 0.376 e. The number of hydrogen-bond donors (Lipinski definition) is 0. The van der Waals surface area contributed by atoms with E-state index in [1.54, 1.807) is 0 Å². The monoisotopic (exact) mass is 142 g/mol. The molecular formula is C9H18O. The fourth-order valence-corrected chi connectivity index (χ4v) is 0.531. The summed E-state index contributed by atoms with van der Waals surface area (Å²) >= 11 is 0. The number of hydrogen-bond acceptors (Lipinski definition) is 1. The standard InChI is InChI=1S/C9H18O/c1-8(2)6-7-10-9(3,4)5/h1,6-7H2,2-5H3. The number of rotatable bonds is 3. The molecule has 0 aliphatic rings. The average molecular weight is 142 g/mol. The molecule has 0 spiro atoms. The molecule has 1 nitrogen and oxygen atoms in total. The van der Waals surface area contributed by atoms with Gasteiger partial charge in [-0.1, -0.05) is 5.57 Å². The van der Waals surface area contributed by atoms with Crippen LogP contribution in [0.25, 0.3) is 0 Å². The lowest BCUT2D eigenvalue weighted by molar-refractivity contribution is -0.000901. The smallest absolute Gasteiger partial charge is 0.0598 e. The molecule has 0 amide bonds. The molecule has 0 bridgehead atoms. The van der Waals surface area contributed by atoms with Gasteiger partial charge in [-0.25, -0.2) is 0 Å². The Hall–Kier alpha value is -0.300. The molecule has 10 heavy (non-hydrogen) atoms. The zero-order valence-corrected chi connectivity index (χ0v) is 7.53. The fraction of sp³-hybridized carbons (Fsp3) is 0.778. The van der Waals surface area contributed by atoms with Crippen LogP contribution < -0.4 is 0 Å². The van der Waals surface area contributed by atoms with Crippen molar-refractivity contribution in [3.8, 4) is 0 Å². The van der Waals surface area contributed by atoms with Crippen LogP contribution in [0.5, 0.6) is 0 Å². The summed E-state index contributed by atoms with van der Waals surface area (Å²) < 4.78 is 5.48. The molecule has 0 saturated heterocycles. The molecule has 1 heteroatoms. The van der Waals surface area contributed by atoms with E-state index < -0.39 is 0 Å². The van der Waals surface area contributed by atoms with Gasteiger partial charge in [0.25, 0.3) is 0 Å². The highest BCUT2D eigenvalue weighted by Crippen LogP contribution is 2.08. The third-order valence-corrected chi connectivity index (χ3v) is 1.06. The second-order valence-corrected chi connectivity index (χ2v) is 3.67. The van der Waals surface area contributed by atoms with E-state index in [1.807, 2.05) is 6.92 Å². The molecule has 0 heterocycles. The van der Waals surface area contributed by atoms with Crippen molar-refractivity contribution in [3.63, 3.8) is 0 Å². The summed E-state index contributed by atoms with van der Waals surface area (Å²) in [5, 5.41) is 0. The van der Waals surface area contributed by atoms with E-state index in [0.717, 1.165) is 13.0 Å². The summed E-state index contributed by atoms with van der Waals surface area (Å²) in [6, 6.07) is 0. The first-order valence-electron chi connectivity index (χ1n) is 3.70. The van der Waals surface area contributed by atoms with Gasteiger partial charge in [-0.2, -0.15) is 0 Å². The molecule has 0 fully saturated rings. The molecule has 60 valence electrons. The van der Waals surface area contributed by atoms with E-state index >= 15 is 0 Å². The van der Waals surface area contributed by atoms with Gasteiger partial charge in [0.05, 0.1) is 12.2 Å². The van der Waals surface area contributed by atoms with Crippen LogP contribution in [0.1, 0.15) is 34.1 Å². The quantitative estimate of drug-likeness (QED) is 0.550. The van der Waals surface area contributed by atoms with Gasteiger partial charge in [-0.05, 0) is 34.1 Å². The van der Waals surface area contributed by atoms with Gasteiger partial charge in [-0.15, -0.1) is 6.58 Å². The molecule has 0 unspecified atom stereocenters. The third-order valence-electron chi connectivity index (χ3n) is 1.06. The summed E-state index contributed by atoms with van der Waals surface area (Å²) in [7, 11) is 0. The van der Waals surface area contributed by atoms with Crippen molar-refractivity contribution in [2.45, 2.75) is 39.7 Å². The van der Waals surface area contributed by atoms with Crippen molar-refractivity contribution in [1.29, 1.82) is 0 Å². The lowest BCUT2D eigenvalue weighted by Crippen LogP contribution is -2.19.